The second kappa shape index (κ2) is 5.87. The first kappa shape index (κ1) is 12.2. The number of hydrogen-bond acceptors (Lipinski definition) is 4. The molecule has 3 rings (SSSR count). The van der Waals surface area contributed by atoms with E-state index in [1.165, 1.54) is 18.4 Å². The van der Waals surface area contributed by atoms with Gasteiger partial charge in [-0.2, -0.15) is 0 Å². The SMILES string of the molecule is c1cc(COCC2CCOC2)c(CNC2CC2)o1. The topological polar surface area (TPSA) is 43.6 Å². The zero-order chi connectivity index (χ0) is 12.2. The molecule has 0 spiro atoms. The number of furan rings is 1. The number of ether oxygens (including phenoxy) is 2. The first-order valence-electron chi connectivity index (χ1n) is 6.86. The van der Waals surface area contributed by atoms with Crippen molar-refractivity contribution in [1.82, 2.24) is 5.32 Å². The van der Waals surface area contributed by atoms with Crippen LogP contribution in [0.1, 0.15) is 30.6 Å². The van der Waals surface area contributed by atoms with Gasteiger partial charge in [-0.15, -0.1) is 0 Å². The maximum absolute atomic E-state index is 5.76. The molecule has 0 bridgehead atoms. The highest BCUT2D eigenvalue weighted by atomic mass is 16.5. The van der Waals surface area contributed by atoms with Gasteiger partial charge in [0.05, 0.1) is 32.6 Å². The standard InChI is InChI=1S/C14H21NO3/c1-2-13(1)15-7-14-12(4-6-18-14)10-17-9-11-3-5-16-8-11/h4,6,11,13,15H,1-3,5,7-10H2. The van der Waals surface area contributed by atoms with Crippen molar-refractivity contribution in [3.8, 4) is 0 Å². The molecule has 1 aliphatic carbocycles. The predicted molar refractivity (Wildman–Crippen MR) is 67.2 cm³/mol. The monoisotopic (exact) mass is 251 g/mol. The molecular formula is C14H21NO3. The van der Waals surface area contributed by atoms with Crippen molar-refractivity contribution in [1.29, 1.82) is 0 Å². The van der Waals surface area contributed by atoms with E-state index in [0.29, 0.717) is 18.6 Å². The Labute approximate surface area is 108 Å². The fourth-order valence-corrected chi connectivity index (χ4v) is 2.23. The summed E-state index contributed by atoms with van der Waals surface area (Å²) >= 11 is 0. The van der Waals surface area contributed by atoms with E-state index in [-0.39, 0.29) is 0 Å². The largest absolute Gasteiger partial charge is 0.468 e. The Morgan fingerprint density at radius 1 is 1.33 bits per heavy atom. The summed E-state index contributed by atoms with van der Waals surface area (Å²) in [7, 11) is 0. The smallest absolute Gasteiger partial charge is 0.123 e. The van der Waals surface area contributed by atoms with Crippen LogP contribution in [-0.4, -0.2) is 25.9 Å². The lowest BCUT2D eigenvalue weighted by atomic mass is 10.1. The summed E-state index contributed by atoms with van der Waals surface area (Å²) in [6.45, 7) is 4.00. The van der Waals surface area contributed by atoms with Gasteiger partial charge in [0.15, 0.2) is 0 Å². The summed E-state index contributed by atoms with van der Waals surface area (Å²) < 4.78 is 16.6. The average Bonchev–Trinajstić information content (AvgIpc) is 2.89. The van der Waals surface area contributed by atoms with E-state index < -0.39 is 0 Å². The van der Waals surface area contributed by atoms with Crippen molar-refractivity contribution in [2.45, 2.75) is 38.5 Å². The molecule has 4 nitrogen and oxygen atoms in total. The van der Waals surface area contributed by atoms with Gasteiger partial charge in [-0.05, 0) is 25.3 Å². The summed E-state index contributed by atoms with van der Waals surface area (Å²) in [5.41, 5.74) is 1.17. The third-order valence-electron chi connectivity index (χ3n) is 3.60. The van der Waals surface area contributed by atoms with Gasteiger partial charge in [-0.1, -0.05) is 0 Å². The molecule has 1 aliphatic heterocycles. The van der Waals surface area contributed by atoms with Crippen LogP contribution < -0.4 is 5.32 Å². The van der Waals surface area contributed by atoms with Crippen LogP contribution in [0.2, 0.25) is 0 Å². The molecule has 2 aliphatic rings. The summed E-state index contributed by atoms with van der Waals surface area (Å²) in [5.74, 6) is 1.59. The third-order valence-corrected chi connectivity index (χ3v) is 3.60. The van der Waals surface area contributed by atoms with E-state index in [2.05, 4.69) is 5.32 Å². The van der Waals surface area contributed by atoms with Crippen LogP contribution in [0, 0.1) is 5.92 Å². The minimum atomic E-state index is 0.574. The molecule has 0 radical (unpaired) electrons. The Hall–Kier alpha value is -0.840. The Kier molecular flexibility index (Phi) is 3.98. The van der Waals surface area contributed by atoms with Crippen molar-refractivity contribution < 1.29 is 13.9 Å². The second-order valence-corrected chi connectivity index (χ2v) is 5.27. The lowest BCUT2D eigenvalue weighted by Gasteiger charge is -2.09. The molecule has 1 aromatic heterocycles. The van der Waals surface area contributed by atoms with Crippen molar-refractivity contribution in [2.75, 3.05) is 19.8 Å². The molecule has 1 aromatic rings. The summed E-state index contributed by atoms with van der Waals surface area (Å²) in [5, 5.41) is 3.46. The molecule has 1 unspecified atom stereocenters. The van der Waals surface area contributed by atoms with E-state index in [1.54, 1.807) is 6.26 Å². The Morgan fingerprint density at radius 3 is 3.06 bits per heavy atom. The van der Waals surface area contributed by atoms with Gasteiger partial charge in [-0.25, -0.2) is 0 Å². The Morgan fingerprint density at radius 2 is 2.28 bits per heavy atom. The fraction of sp³-hybridized carbons (Fsp3) is 0.714. The maximum atomic E-state index is 5.76. The molecule has 1 atom stereocenters. The van der Waals surface area contributed by atoms with Gasteiger partial charge in [-0.3, -0.25) is 0 Å². The van der Waals surface area contributed by atoms with Gasteiger partial charge < -0.3 is 19.2 Å². The van der Waals surface area contributed by atoms with Crippen LogP contribution in [0.3, 0.4) is 0 Å². The van der Waals surface area contributed by atoms with Crippen LogP contribution in [0.25, 0.3) is 0 Å². The molecule has 1 saturated heterocycles. The molecule has 18 heavy (non-hydrogen) atoms. The predicted octanol–water partition coefficient (Wildman–Crippen LogP) is 2.08. The van der Waals surface area contributed by atoms with Crippen LogP contribution in [0.4, 0.5) is 0 Å². The van der Waals surface area contributed by atoms with E-state index in [0.717, 1.165) is 38.5 Å². The summed E-state index contributed by atoms with van der Waals surface area (Å²) in [6.07, 6.45) is 5.48. The van der Waals surface area contributed by atoms with Crippen LogP contribution >= 0.6 is 0 Å². The van der Waals surface area contributed by atoms with E-state index in [1.807, 2.05) is 6.07 Å². The van der Waals surface area contributed by atoms with E-state index in [9.17, 15) is 0 Å². The molecule has 1 N–H and O–H groups in total. The van der Waals surface area contributed by atoms with Crippen LogP contribution in [0.5, 0.6) is 0 Å². The molecule has 2 fully saturated rings. The number of nitrogens with one attached hydrogen (secondary N) is 1. The molecule has 4 heteroatoms. The van der Waals surface area contributed by atoms with Gasteiger partial charge in [0, 0.05) is 24.1 Å². The minimum absolute atomic E-state index is 0.574. The molecule has 2 heterocycles. The minimum Gasteiger partial charge on any atom is -0.468 e. The highest BCUT2D eigenvalue weighted by molar-refractivity contribution is 5.16. The molecule has 0 amide bonds. The van der Waals surface area contributed by atoms with Gasteiger partial charge >= 0.3 is 0 Å². The van der Waals surface area contributed by atoms with Crippen molar-refractivity contribution >= 4 is 0 Å². The first-order chi connectivity index (χ1) is 8.92. The lowest BCUT2D eigenvalue weighted by molar-refractivity contribution is 0.0782. The van der Waals surface area contributed by atoms with Gasteiger partial charge in [0.25, 0.3) is 0 Å². The zero-order valence-electron chi connectivity index (χ0n) is 10.7. The number of rotatable bonds is 7. The highest BCUT2D eigenvalue weighted by Crippen LogP contribution is 2.21. The summed E-state index contributed by atoms with van der Waals surface area (Å²) in [6, 6.07) is 2.72. The van der Waals surface area contributed by atoms with E-state index >= 15 is 0 Å². The zero-order valence-corrected chi connectivity index (χ0v) is 10.7. The van der Waals surface area contributed by atoms with Crippen LogP contribution in [0.15, 0.2) is 16.7 Å². The van der Waals surface area contributed by atoms with Gasteiger partial charge in [0.2, 0.25) is 0 Å². The third kappa shape index (κ3) is 3.34. The maximum Gasteiger partial charge on any atom is 0.123 e. The van der Waals surface area contributed by atoms with E-state index in [4.69, 9.17) is 13.9 Å². The first-order valence-corrected chi connectivity index (χ1v) is 6.86. The Bertz CT molecular complexity index is 367. The average molecular weight is 251 g/mol. The molecule has 0 aromatic carbocycles. The number of hydrogen-bond donors (Lipinski definition) is 1. The van der Waals surface area contributed by atoms with Crippen molar-refractivity contribution in [2.24, 2.45) is 5.92 Å². The molecular weight excluding hydrogens is 230 g/mol. The van der Waals surface area contributed by atoms with Crippen molar-refractivity contribution in [3.63, 3.8) is 0 Å². The molecule has 1 saturated carbocycles. The highest BCUT2D eigenvalue weighted by Gasteiger charge is 2.21. The van der Waals surface area contributed by atoms with Gasteiger partial charge in [0.1, 0.15) is 5.76 Å². The Balaban J connectivity index is 1.41. The lowest BCUT2D eigenvalue weighted by Crippen LogP contribution is -2.16. The quantitative estimate of drug-likeness (QED) is 0.806. The van der Waals surface area contributed by atoms with Crippen LogP contribution in [-0.2, 0) is 22.6 Å². The normalized spacial score (nSPS) is 23.7. The summed E-state index contributed by atoms with van der Waals surface area (Å²) in [4.78, 5) is 0. The second-order valence-electron chi connectivity index (χ2n) is 5.27. The molecule has 100 valence electrons. The fourth-order valence-electron chi connectivity index (χ4n) is 2.23. The van der Waals surface area contributed by atoms with Crippen molar-refractivity contribution in [3.05, 3.63) is 23.7 Å².